The fraction of sp³-hybridized carbons (Fsp3) is 0.900. The highest BCUT2D eigenvalue weighted by atomic mass is 16.7. The summed E-state index contributed by atoms with van der Waals surface area (Å²) in [5.41, 5.74) is 5.03. The largest absolute Gasteiger partial charge is 0.370 e. The molecule has 0 bridgehead atoms. The van der Waals surface area contributed by atoms with Gasteiger partial charge in [0.05, 0.1) is 6.04 Å². The van der Waals surface area contributed by atoms with Crippen LogP contribution in [0.15, 0.2) is 0 Å². The number of unbranched alkanes of at least 4 members (excludes halogenated alkanes) is 1. The van der Waals surface area contributed by atoms with Gasteiger partial charge in [0.2, 0.25) is 5.91 Å². The first-order valence-electron chi connectivity index (χ1n) is 5.19. The summed E-state index contributed by atoms with van der Waals surface area (Å²) in [5, 5.41) is 3.26. The van der Waals surface area contributed by atoms with Crippen LogP contribution in [0.4, 0.5) is 0 Å². The Morgan fingerprint density at radius 2 is 1.93 bits per heavy atom. The SMILES string of the molecule is COC(OC)C(C)NCCCCC(N)=O. The van der Waals surface area contributed by atoms with Crippen molar-refractivity contribution in [2.24, 2.45) is 5.73 Å². The summed E-state index contributed by atoms with van der Waals surface area (Å²) in [7, 11) is 3.22. The van der Waals surface area contributed by atoms with E-state index < -0.39 is 0 Å². The number of amides is 1. The standard InChI is InChI=1S/C10H22N2O3/c1-8(10(14-2)15-3)12-7-5-4-6-9(11)13/h8,10,12H,4-7H2,1-3H3,(H2,11,13). The summed E-state index contributed by atoms with van der Waals surface area (Å²) in [6.07, 6.45) is 1.96. The van der Waals surface area contributed by atoms with Crippen LogP contribution in [0.2, 0.25) is 0 Å². The van der Waals surface area contributed by atoms with Gasteiger partial charge in [-0.15, -0.1) is 0 Å². The van der Waals surface area contributed by atoms with Crippen LogP contribution in [0.5, 0.6) is 0 Å². The second-order valence-electron chi connectivity index (χ2n) is 3.51. The van der Waals surface area contributed by atoms with Crippen LogP contribution >= 0.6 is 0 Å². The minimum atomic E-state index is -0.241. The number of rotatable bonds is 9. The number of ether oxygens (including phenoxy) is 2. The van der Waals surface area contributed by atoms with E-state index in [0.717, 1.165) is 19.4 Å². The molecule has 5 nitrogen and oxygen atoms in total. The zero-order chi connectivity index (χ0) is 11.7. The molecule has 0 aromatic heterocycles. The summed E-state index contributed by atoms with van der Waals surface area (Å²) in [6.45, 7) is 2.82. The monoisotopic (exact) mass is 218 g/mol. The minimum absolute atomic E-state index is 0.133. The van der Waals surface area contributed by atoms with Gasteiger partial charge in [-0.1, -0.05) is 0 Å². The van der Waals surface area contributed by atoms with E-state index in [9.17, 15) is 4.79 Å². The summed E-state index contributed by atoms with van der Waals surface area (Å²) in [5.74, 6) is -0.241. The molecule has 15 heavy (non-hydrogen) atoms. The molecule has 0 aliphatic rings. The Morgan fingerprint density at radius 3 is 2.40 bits per heavy atom. The average molecular weight is 218 g/mol. The van der Waals surface area contributed by atoms with Crippen molar-refractivity contribution in [2.45, 2.75) is 38.5 Å². The molecular formula is C10H22N2O3. The Labute approximate surface area is 91.3 Å². The Kier molecular flexibility index (Phi) is 8.27. The maximum atomic E-state index is 10.5. The minimum Gasteiger partial charge on any atom is -0.370 e. The molecule has 1 amide bonds. The molecule has 1 unspecified atom stereocenters. The highest BCUT2D eigenvalue weighted by Crippen LogP contribution is 1.99. The molecule has 5 heteroatoms. The van der Waals surface area contributed by atoms with Crippen molar-refractivity contribution in [3.8, 4) is 0 Å². The lowest BCUT2D eigenvalue weighted by molar-refractivity contribution is -0.119. The van der Waals surface area contributed by atoms with Crippen molar-refractivity contribution in [3.63, 3.8) is 0 Å². The lowest BCUT2D eigenvalue weighted by atomic mass is 10.2. The summed E-state index contributed by atoms with van der Waals surface area (Å²) >= 11 is 0. The number of hydrogen-bond donors (Lipinski definition) is 2. The zero-order valence-corrected chi connectivity index (χ0v) is 9.79. The van der Waals surface area contributed by atoms with Gasteiger partial charge in [-0.25, -0.2) is 0 Å². The van der Waals surface area contributed by atoms with Crippen LogP contribution in [0.3, 0.4) is 0 Å². The van der Waals surface area contributed by atoms with Crippen LogP contribution in [0.25, 0.3) is 0 Å². The Hall–Kier alpha value is -0.650. The van der Waals surface area contributed by atoms with Crippen molar-refractivity contribution in [1.29, 1.82) is 0 Å². The summed E-state index contributed by atoms with van der Waals surface area (Å²) < 4.78 is 10.2. The molecule has 3 N–H and O–H groups in total. The normalized spacial score (nSPS) is 13.1. The van der Waals surface area contributed by atoms with E-state index in [-0.39, 0.29) is 18.2 Å². The zero-order valence-electron chi connectivity index (χ0n) is 9.79. The van der Waals surface area contributed by atoms with Gasteiger partial charge in [0, 0.05) is 20.6 Å². The van der Waals surface area contributed by atoms with Crippen LogP contribution < -0.4 is 11.1 Å². The molecular weight excluding hydrogens is 196 g/mol. The second-order valence-corrected chi connectivity index (χ2v) is 3.51. The molecule has 0 rings (SSSR count). The maximum Gasteiger partial charge on any atom is 0.217 e. The predicted octanol–water partition coefficient (Wildman–Crippen LogP) is 0.239. The van der Waals surface area contributed by atoms with Gasteiger partial charge < -0.3 is 20.5 Å². The maximum absolute atomic E-state index is 10.5. The van der Waals surface area contributed by atoms with Crippen molar-refractivity contribution < 1.29 is 14.3 Å². The smallest absolute Gasteiger partial charge is 0.217 e. The fourth-order valence-electron chi connectivity index (χ4n) is 1.35. The quantitative estimate of drug-likeness (QED) is 0.429. The molecule has 1 atom stereocenters. The topological polar surface area (TPSA) is 73.6 Å². The fourth-order valence-corrected chi connectivity index (χ4v) is 1.35. The third-order valence-corrected chi connectivity index (χ3v) is 2.19. The molecule has 0 aliphatic heterocycles. The van der Waals surface area contributed by atoms with E-state index in [1.54, 1.807) is 14.2 Å². The van der Waals surface area contributed by atoms with Gasteiger partial charge in [0.25, 0.3) is 0 Å². The molecule has 0 saturated heterocycles. The summed E-state index contributed by atoms with van der Waals surface area (Å²) in [6, 6.07) is 0.133. The lowest BCUT2D eigenvalue weighted by Gasteiger charge is -2.22. The summed E-state index contributed by atoms with van der Waals surface area (Å²) in [4.78, 5) is 10.5. The molecule has 0 spiro atoms. The third-order valence-electron chi connectivity index (χ3n) is 2.19. The molecule has 0 aliphatic carbocycles. The van der Waals surface area contributed by atoms with E-state index in [1.807, 2.05) is 6.92 Å². The van der Waals surface area contributed by atoms with Crippen LogP contribution in [0.1, 0.15) is 26.2 Å². The Balaban J connectivity index is 3.45. The molecule has 0 radical (unpaired) electrons. The molecule has 0 saturated carbocycles. The molecule has 0 aromatic carbocycles. The van der Waals surface area contributed by atoms with Crippen molar-refractivity contribution in [3.05, 3.63) is 0 Å². The van der Waals surface area contributed by atoms with Crippen LogP contribution in [-0.2, 0) is 14.3 Å². The van der Waals surface area contributed by atoms with E-state index >= 15 is 0 Å². The number of nitrogens with two attached hydrogens (primary N) is 1. The van der Waals surface area contributed by atoms with Gasteiger partial charge >= 0.3 is 0 Å². The lowest BCUT2D eigenvalue weighted by Crippen LogP contribution is -2.40. The van der Waals surface area contributed by atoms with Gasteiger partial charge in [-0.05, 0) is 26.3 Å². The first-order chi connectivity index (χ1) is 7.11. The van der Waals surface area contributed by atoms with Crippen LogP contribution in [-0.4, -0.2) is 39.0 Å². The second kappa shape index (κ2) is 8.64. The number of carbonyl (C=O) groups is 1. The number of primary amides is 1. The van der Waals surface area contributed by atoms with Crippen molar-refractivity contribution in [1.82, 2.24) is 5.32 Å². The highest BCUT2D eigenvalue weighted by molar-refractivity contribution is 5.73. The molecule has 0 heterocycles. The first-order valence-corrected chi connectivity index (χ1v) is 5.19. The van der Waals surface area contributed by atoms with Gasteiger partial charge in [-0.2, -0.15) is 0 Å². The highest BCUT2D eigenvalue weighted by Gasteiger charge is 2.14. The number of nitrogens with one attached hydrogen (secondary N) is 1. The molecule has 0 aromatic rings. The number of methoxy groups -OCH3 is 2. The number of hydrogen-bond acceptors (Lipinski definition) is 4. The Bertz CT molecular complexity index is 172. The van der Waals surface area contributed by atoms with E-state index in [1.165, 1.54) is 0 Å². The van der Waals surface area contributed by atoms with E-state index in [0.29, 0.717) is 6.42 Å². The third kappa shape index (κ3) is 7.30. The first kappa shape index (κ1) is 14.3. The van der Waals surface area contributed by atoms with Crippen molar-refractivity contribution in [2.75, 3.05) is 20.8 Å². The van der Waals surface area contributed by atoms with Gasteiger partial charge in [-0.3, -0.25) is 4.79 Å². The molecule has 90 valence electrons. The average Bonchev–Trinajstić information content (AvgIpc) is 2.18. The van der Waals surface area contributed by atoms with Crippen LogP contribution in [0, 0.1) is 0 Å². The van der Waals surface area contributed by atoms with E-state index in [2.05, 4.69) is 5.32 Å². The molecule has 0 fully saturated rings. The van der Waals surface area contributed by atoms with Crippen molar-refractivity contribution >= 4 is 5.91 Å². The number of carbonyl (C=O) groups excluding carboxylic acids is 1. The van der Waals surface area contributed by atoms with E-state index in [4.69, 9.17) is 15.2 Å². The Morgan fingerprint density at radius 1 is 1.33 bits per heavy atom. The predicted molar refractivity (Wildman–Crippen MR) is 58.3 cm³/mol. The van der Waals surface area contributed by atoms with Gasteiger partial charge in [0.15, 0.2) is 6.29 Å². The van der Waals surface area contributed by atoms with Gasteiger partial charge in [0.1, 0.15) is 0 Å².